The topological polar surface area (TPSA) is 50.1 Å². The third-order valence-corrected chi connectivity index (χ3v) is 2.16. The summed E-state index contributed by atoms with van der Waals surface area (Å²) in [6.07, 6.45) is 4.62. The van der Waals surface area contributed by atoms with E-state index in [0.717, 1.165) is 5.56 Å². The molecule has 2 aromatic rings. The molecule has 4 nitrogen and oxygen atoms in total. The maximum Gasteiger partial charge on any atom is 0.114 e. The van der Waals surface area contributed by atoms with Crippen LogP contribution in [0.15, 0.2) is 49.1 Å². The van der Waals surface area contributed by atoms with Crippen LogP contribution in [0, 0.1) is 0 Å². The molecule has 0 aliphatic heterocycles. The summed E-state index contributed by atoms with van der Waals surface area (Å²) in [5.41, 5.74) is 3.93. The maximum absolute atomic E-state index is 9.82. The van der Waals surface area contributed by atoms with Crippen molar-refractivity contribution in [2.75, 3.05) is 12.0 Å². The molecule has 0 spiro atoms. The normalized spacial score (nSPS) is 12.3. The quantitative estimate of drug-likeness (QED) is 0.784. The molecule has 0 fully saturated rings. The van der Waals surface area contributed by atoms with Gasteiger partial charge in [-0.05, 0) is 5.56 Å². The molecule has 4 heteroatoms. The van der Waals surface area contributed by atoms with Crippen molar-refractivity contribution in [1.29, 1.82) is 0 Å². The van der Waals surface area contributed by atoms with E-state index in [1.807, 2.05) is 30.3 Å². The number of benzene rings is 1. The summed E-state index contributed by atoms with van der Waals surface area (Å²) >= 11 is 0. The van der Waals surface area contributed by atoms with Crippen LogP contribution in [0.25, 0.3) is 0 Å². The fourth-order valence-electron chi connectivity index (χ4n) is 1.34. The molecule has 1 heterocycles. The second-order valence-electron chi connectivity index (χ2n) is 3.26. The van der Waals surface area contributed by atoms with Crippen LogP contribution >= 0.6 is 0 Å². The maximum atomic E-state index is 9.82. The number of imidazole rings is 1. The summed E-state index contributed by atoms with van der Waals surface area (Å²) < 4.78 is 1.71. The van der Waals surface area contributed by atoms with Gasteiger partial charge in [-0.3, -0.25) is 4.68 Å². The Bertz CT molecular complexity index is 385. The summed E-state index contributed by atoms with van der Waals surface area (Å²) in [7, 11) is 0. The Balaban J connectivity index is 1.90. The Kier molecular flexibility index (Phi) is 2.99. The molecule has 1 aromatic heterocycles. The van der Waals surface area contributed by atoms with E-state index in [4.69, 9.17) is 0 Å². The van der Waals surface area contributed by atoms with Crippen LogP contribution in [0.3, 0.4) is 0 Å². The molecular weight excluding hydrogens is 190 g/mol. The van der Waals surface area contributed by atoms with Gasteiger partial charge in [-0.15, -0.1) is 0 Å². The van der Waals surface area contributed by atoms with E-state index in [1.165, 1.54) is 0 Å². The lowest BCUT2D eigenvalue weighted by Gasteiger charge is -2.13. The van der Waals surface area contributed by atoms with Crippen LogP contribution in [-0.2, 0) is 0 Å². The van der Waals surface area contributed by atoms with Crippen molar-refractivity contribution < 1.29 is 5.11 Å². The second kappa shape index (κ2) is 4.61. The fraction of sp³-hybridized carbons (Fsp3) is 0.182. The van der Waals surface area contributed by atoms with Crippen molar-refractivity contribution in [2.24, 2.45) is 0 Å². The van der Waals surface area contributed by atoms with Gasteiger partial charge in [-0.1, -0.05) is 30.3 Å². The zero-order valence-electron chi connectivity index (χ0n) is 8.24. The number of hydrogen-bond acceptors (Lipinski definition) is 3. The van der Waals surface area contributed by atoms with Crippen molar-refractivity contribution in [2.45, 2.75) is 6.10 Å². The van der Waals surface area contributed by atoms with Gasteiger partial charge >= 0.3 is 0 Å². The molecule has 15 heavy (non-hydrogen) atoms. The van der Waals surface area contributed by atoms with E-state index in [0.29, 0.717) is 6.54 Å². The molecule has 2 rings (SSSR count). The van der Waals surface area contributed by atoms with Crippen molar-refractivity contribution >= 4 is 0 Å². The molecule has 1 aromatic carbocycles. The van der Waals surface area contributed by atoms with Gasteiger partial charge in [0, 0.05) is 12.4 Å². The zero-order valence-corrected chi connectivity index (χ0v) is 8.24. The average molecular weight is 203 g/mol. The predicted octanol–water partition coefficient (Wildman–Crippen LogP) is 1.16. The zero-order chi connectivity index (χ0) is 10.5. The molecule has 0 aliphatic carbocycles. The average Bonchev–Trinajstić information content (AvgIpc) is 2.80. The molecule has 1 atom stereocenters. The van der Waals surface area contributed by atoms with Gasteiger partial charge in [0.15, 0.2) is 0 Å². The third-order valence-electron chi connectivity index (χ3n) is 2.16. The standard InChI is InChI=1S/C11H13N3O/c15-11(10-4-2-1-3-5-10)8-13-14-7-6-12-9-14/h1-7,9,11,13,15H,8H2. The minimum Gasteiger partial charge on any atom is -0.387 e. The van der Waals surface area contributed by atoms with Gasteiger partial charge in [-0.2, -0.15) is 0 Å². The molecule has 0 radical (unpaired) electrons. The molecular formula is C11H13N3O. The van der Waals surface area contributed by atoms with E-state index in [-0.39, 0.29) is 0 Å². The lowest BCUT2D eigenvalue weighted by atomic mass is 10.1. The second-order valence-corrected chi connectivity index (χ2v) is 3.26. The fourth-order valence-corrected chi connectivity index (χ4v) is 1.34. The van der Waals surface area contributed by atoms with E-state index in [9.17, 15) is 5.11 Å². The summed E-state index contributed by atoms with van der Waals surface area (Å²) in [5.74, 6) is 0. The number of aliphatic hydroxyl groups is 1. The Labute approximate surface area is 88.2 Å². The molecule has 0 saturated heterocycles. The van der Waals surface area contributed by atoms with E-state index >= 15 is 0 Å². The summed E-state index contributed by atoms with van der Waals surface area (Å²) in [6.45, 7) is 0.459. The van der Waals surface area contributed by atoms with Crippen molar-refractivity contribution in [3.05, 3.63) is 54.6 Å². The lowest BCUT2D eigenvalue weighted by molar-refractivity contribution is 0.188. The van der Waals surface area contributed by atoms with Gasteiger partial charge in [0.25, 0.3) is 0 Å². The molecule has 0 bridgehead atoms. The van der Waals surface area contributed by atoms with E-state index < -0.39 is 6.10 Å². The third kappa shape index (κ3) is 2.57. The molecule has 1 unspecified atom stereocenters. The van der Waals surface area contributed by atoms with Crippen LogP contribution in [-0.4, -0.2) is 21.3 Å². The molecule has 0 saturated carbocycles. The number of nitrogens with one attached hydrogen (secondary N) is 1. The van der Waals surface area contributed by atoms with Gasteiger partial charge in [-0.25, -0.2) is 4.98 Å². The van der Waals surface area contributed by atoms with Gasteiger partial charge in [0.2, 0.25) is 0 Å². The highest BCUT2D eigenvalue weighted by molar-refractivity contribution is 5.17. The molecule has 0 amide bonds. The number of nitrogens with zero attached hydrogens (tertiary/aromatic N) is 2. The highest BCUT2D eigenvalue weighted by Gasteiger charge is 2.05. The van der Waals surface area contributed by atoms with Crippen molar-refractivity contribution in [3.8, 4) is 0 Å². The first kappa shape index (κ1) is 9.73. The first-order valence-corrected chi connectivity index (χ1v) is 4.81. The van der Waals surface area contributed by atoms with Crippen LogP contribution in [0.5, 0.6) is 0 Å². The monoisotopic (exact) mass is 203 g/mol. The van der Waals surface area contributed by atoms with Crippen molar-refractivity contribution in [1.82, 2.24) is 9.66 Å². The number of aliphatic hydroxyl groups excluding tert-OH is 1. The summed E-state index contributed by atoms with van der Waals surface area (Å²) in [4.78, 5) is 3.89. The SMILES string of the molecule is OC(CNn1ccnc1)c1ccccc1. The molecule has 78 valence electrons. The Morgan fingerprint density at radius 2 is 2.13 bits per heavy atom. The first-order chi connectivity index (χ1) is 7.36. The highest BCUT2D eigenvalue weighted by atomic mass is 16.3. The van der Waals surface area contributed by atoms with Crippen LogP contribution in [0.2, 0.25) is 0 Å². The van der Waals surface area contributed by atoms with Crippen LogP contribution in [0.1, 0.15) is 11.7 Å². The Morgan fingerprint density at radius 1 is 1.33 bits per heavy atom. The van der Waals surface area contributed by atoms with Crippen LogP contribution in [0.4, 0.5) is 0 Å². The summed E-state index contributed by atoms with van der Waals surface area (Å²) in [5, 5.41) is 9.82. The van der Waals surface area contributed by atoms with Crippen molar-refractivity contribution in [3.63, 3.8) is 0 Å². The Hall–Kier alpha value is -1.81. The minimum absolute atomic E-state index is 0.459. The van der Waals surface area contributed by atoms with Gasteiger partial charge in [0.1, 0.15) is 6.33 Å². The van der Waals surface area contributed by atoms with Gasteiger partial charge < -0.3 is 10.5 Å². The number of hydrogen-bond donors (Lipinski definition) is 2. The highest BCUT2D eigenvalue weighted by Crippen LogP contribution is 2.10. The lowest BCUT2D eigenvalue weighted by Crippen LogP contribution is -2.19. The summed E-state index contributed by atoms with van der Waals surface area (Å²) in [6, 6.07) is 9.56. The van der Waals surface area contributed by atoms with E-state index in [2.05, 4.69) is 10.4 Å². The van der Waals surface area contributed by atoms with E-state index in [1.54, 1.807) is 23.4 Å². The van der Waals surface area contributed by atoms with Crippen LogP contribution < -0.4 is 5.43 Å². The number of aromatic nitrogens is 2. The number of rotatable bonds is 4. The largest absolute Gasteiger partial charge is 0.387 e. The minimum atomic E-state index is -0.506. The molecule has 0 aliphatic rings. The molecule has 2 N–H and O–H groups in total. The smallest absolute Gasteiger partial charge is 0.114 e. The first-order valence-electron chi connectivity index (χ1n) is 4.81. The van der Waals surface area contributed by atoms with Gasteiger partial charge in [0.05, 0.1) is 12.6 Å². The predicted molar refractivity (Wildman–Crippen MR) is 57.9 cm³/mol. The Morgan fingerprint density at radius 3 is 2.80 bits per heavy atom.